The lowest BCUT2D eigenvalue weighted by Crippen LogP contribution is -2.20. The minimum absolute atomic E-state index is 0.0623. The second-order valence-corrected chi connectivity index (χ2v) is 3.17. The van der Waals surface area contributed by atoms with Gasteiger partial charge in [0.2, 0.25) is 0 Å². The molecular weight excluding hydrogens is 162 g/mol. The zero-order valence-electron chi connectivity index (χ0n) is 7.33. The molecule has 13 heavy (non-hydrogen) atoms. The third kappa shape index (κ3) is 1.43. The quantitative estimate of drug-likeness (QED) is 0.640. The van der Waals surface area contributed by atoms with Gasteiger partial charge in [0.15, 0.2) is 0 Å². The summed E-state index contributed by atoms with van der Waals surface area (Å²) in [5.74, 6) is 0. The SMILES string of the molecule is NC[C@@H](N)c1ccc2cc[nH]c2c1. The fourth-order valence-corrected chi connectivity index (χ4v) is 1.43. The maximum Gasteiger partial charge on any atom is 0.0457 e. The summed E-state index contributed by atoms with van der Waals surface area (Å²) in [6, 6.07) is 8.09. The van der Waals surface area contributed by atoms with Crippen LogP contribution in [0.4, 0.5) is 0 Å². The zero-order chi connectivity index (χ0) is 9.26. The lowest BCUT2D eigenvalue weighted by molar-refractivity contribution is 0.738. The second-order valence-electron chi connectivity index (χ2n) is 3.17. The molecule has 1 aromatic heterocycles. The van der Waals surface area contributed by atoms with Crippen molar-refractivity contribution in [2.45, 2.75) is 6.04 Å². The van der Waals surface area contributed by atoms with E-state index in [9.17, 15) is 0 Å². The predicted molar refractivity (Wildman–Crippen MR) is 54.3 cm³/mol. The largest absolute Gasteiger partial charge is 0.361 e. The Hall–Kier alpha value is -1.32. The van der Waals surface area contributed by atoms with E-state index in [1.807, 2.05) is 24.4 Å². The molecule has 0 aliphatic heterocycles. The summed E-state index contributed by atoms with van der Waals surface area (Å²) in [5, 5.41) is 1.20. The van der Waals surface area contributed by atoms with Gasteiger partial charge >= 0.3 is 0 Å². The first-order chi connectivity index (χ1) is 6.31. The van der Waals surface area contributed by atoms with Gasteiger partial charge in [-0.1, -0.05) is 12.1 Å². The zero-order valence-corrected chi connectivity index (χ0v) is 7.33. The standard InChI is InChI=1S/C10H13N3/c11-6-9(12)8-2-1-7-3-4-13-10(7)5-8/h1-5,9,13H,6,11-12H2/t9-/m1/s1. The summed E-state index contributed by atoms with van der Waals surface area (Å²) >= 11 is 0. The molecule has 1 atom stereocenters. The number of aromatic nitrogens is 1. The molecule has 1 heterocycles. The first-order valence-corrected chi connectivity index (χ1v) is 4.34. The lowest BCUT2D eigenvalue weighted by atomic mass is 10.1. The topological polar surface area (TPSA) is 67.8 Å². The van der Waals surface area contributed by atoms with E-state index >= 15 is 0 Å². The van der Waals surface area contributed by atoms with Crippen LogP contribution < -0.4 is 11.5 Å². The van der Waals surface area contributed by atoms with Gasteiger partial charge in [-0.2, -0.15) is 0 Å². The number of benzene rings is 1. The molecule has 5 N–H and O–H groups in total. The van der Waals surface area contributed by atoms with Gasteiger partial charge in [-0.25, -0.2) is 0 Å². The van der Waals surface area contributed by atoms with E-state index in [0.29, 0.717) is 6.54 Å². The Morgan fingerprint density at radius 2 is 2.15 bits per heavy atom. The maximum absolute atomic E-state index is 5.82. The van der Waals surface area contributed by atoms with Crippen molar-refractivity contribution in [3.8, 4) is 0 Å². The number of hydrogen-bond donors (Lipinski definition) is 3. The van der Waals surface area contributed by atoms with Gasteiger partial charge in [-0.05, 0) is 23.1 Å². The number of hydrogen-bond acceptors (Lipinski definition) is 2. The third-order valence-corrected chi connectivity index (χ3v) is 2.26. The molecule has 68 valence electrons. The van der Waals surface area contributed by atoms with Crippen LogP contribution in [0.15, 0.2) is 30.5 Å². The van der Waals surface area contributed by atoms with Crippen molar-refractivity contribution in [2.24, 2.45) is 11.5 Å². The van der Waals surface area contributed by atoms with Crippen LogP contribution in [0, 0.1) is 0 Å². The van der Waals surface area contributed by atoms with Crippen LogP contribution in [-0.4, -0.2) is 11.5 Å². The molecule has 0 radical (unpaired) electrons. The molecule has 0 saturated carbocycles. The van der Waals surface area contributed by atoms with Crippen LogP contribution in [-0.2, 0) is 0 Å². The molecule has 3 heteroatoms. The molecule has 0 unspecified atom stereocenters. The van der Waals surface area contributed by atoms with Crippen LogP contribution in [0.3, 0.4) is 0 Å². The predicted octanol–water partition coefficient (Wildman–Crippen LogP) is 1.13. The molecule has 2 aromatic rings. The Morgan fingerprint density at radius 3 is 2.92 bits per heavy atom. The maximum atomic E-state index is 5.82. The van der Waals surface area contributed by atoms with E-state index in [0.717, 1.165) is 11.1 Å². The Kier molecular flexibility index (Phi) is 2.04. The monoisotopic (exact) mass is 175 g/mol. The number of fused-ring (bicyclic) bond motifs is 1. The second kappa shape index (κ2) is 3.20. The molecule has 3 nitrogen and oxygen atoms in total. The van der Waals surface area contributed by atoms with Crippen LogP contribution in [0.1, 0.15) is 11.6 Å². The fourth-order valence-electron chi connectivity index (χ4n) is 1.43. The van der Waals surface area contributed by atoms with Crippen LogP contribution in [0.25, 0.3) is 10.9 Å². The molecular formula is C10H13N3. The van der Waals surface area contributed by atoms with Crippen molar-refractivity contribution in [3.05, 3.63) is 36.0 Å². The van der Waals surface area contributed by atoms with Crippen LogP contribution >= 0.6 is 0 Å². The van der Waals surface area contributed by atoms with E-state index in [1.54, 1.807) is 0 Å². The van der Waals surface area contributed by atoms with Crippen molar-refractivity contribution in [2.75, 3.05) is 6.54 Å². The Morgan fingerprint density at radius 1 is 1.31 bits per heavy atom. The van der Waals surface area contributed by atoms with Crippen LogP contribution in [0.5, 0.6) is 0 Å². The number of aromatic amines is 1. The van der Waals surface area contributed by atoms with Crippen molar-refractivity contribution in [1.82, 2.24) is 4.98 Å². The number of H-pyrrole nitrogens is 1. The molecule has 0 saturated heterocycles. The summed E-state index contributed by atoms with van der Waals surface area (Å²) < 4.78 is 0. The molecule has 0 amide bonds. The summed E-state index contributed by atoms with van der Waals surface area (Å²) in [7, 11) is 0. The van der Waals surface area contributed by atoms with Gasteiger partial charge in [-0.3, -0.25) is 0 Å². The van der Waals surface area contributed by atoms with Gasteiger partial charge in [0.1, 0.15) is 0 Å². The minimum Gasteiger partial charge on any atom is -0.361 e. The van der Waals surface area contributed by atoms with Crippen molar-refractivity contribution in [3.63, 3.8) is 0 Å². The van der Waals surface area contributed by atoms with Crippen molar-refractivity contribution >= 4 is 10.9 Å². The first-order valence-electron chi connectivity index (χ1n) is 4.34. The average molecular weight is 175 g/mol. The van der Waals surface area contributed by atoms with Gasteiger partial charge in [-0.15, -0.1) is 0 Å². The molecule has 0 aliphatic carbocycles. The number of nitrogens with two attached hydrogens (primary N) is 2. The molecule has 0 fully saturated rings. The summed E-state index contributed by atoms with van der Waals surface area (Å²) in [6.07, 6.45) is 1.92. The first kappa shape index (κ1) is 8.29. The van der Waals surface area contributed by atoms with E-state index in [4.69, 9.17) is 11.5 Å². The number of nitrogens with one attached hydrogen (secondary N) is 1. The summed E-state index contributed by atoms with van der Waals surface area (Å²) in [6.45, 7) is 0.478. The highest BCUT2D eigenvalue weighted by molar-refractivity contribution is 5.79. The smallest absolute Gasteiger partial charge is 0.0457 e. The molecule has 0 aliphatic rings. The average Bonchev–Trinajstić information content (AvgIpc) is 2.63. The Balaban J connectivity index is 2.48. The van der Waals surface area contributed by atoms with E-state index in [1.165, 1.54) is 5.39 Å². The summed E-state index contributed by atoms with van der Waals surface area (Å²) in [5.41, 5.74) is 13.5. The van der Waals surface area contributed by atoms with Gasteiger partial charge in [0, 0.05) is 24.3 Å². The molecule has 0 bridgehead atoms. The molecule has 0 spiro atoms. The highest BCUT2D eigenvalue weighted by Crippen LogP contribution is 2.17. The Bertz CT molecular complexity index is 405. The van der Waals surface area contributed by atoms with E-state index in [-0.39, 0.29) is 6.04 Å². The van der Waals surface area contributed by atoms with E-state index in [2.05, 4.69) is 11.1 Å². The number of rotatable bonds is 2. The minimum atomic E-state index is -0.0623. The van der Waals surface area contributed by atoms with Gasteiger partial charge in [0.05, 0.1) is 0 Å². The van der Waals surface area contributed by atoms with E-state index < -0.39 is 0 Å². The normalized spacial score (nSPS) is 13.4. The Labute approximate surface area is 76.7 Å². The van der Waals surface area contributed by atoms with Crippen molar-refractivity contribution < 1.29 is 0 Å². The highest BCUT2D eigenvalue weighted by Gasteiger charge is 2.03. The highest BCUT2D eigenvalue weighted by atomic mass is 14.7. The van der Waals surface area contributed by atoms with Gasteiger partial charge in [0.25, 0.3) is 0 Å². The van der Waals surface area contributed by atoms with Crippen molar-refractivity contribution in [1.29, 1.82) is 0 Å². The van der Waals surface area contributed by atoms with Crippen LogP contribution in [0.2, 0.25) is 0 Å². The molecule has 2 rings (SSSR count). The lowest BCUT2D eigenvalue weighted by Gasteiger charge is -2.08. The fraction of sp³-hybridized carbons (Fsp3) is 0.200. The van der Waals surface area contributed by atoms with Gasteiger partial charge < -0.3 is 16.5 Å². The third-order valence-electron chi connectivity index (χ3n) is 2.26. The summed E-state index contributed by atoms with van der Waals surface area (Å²) in [4.78, 5) is 3.14. The molecule has 1 aromatic carbocycles.